The van der Waals surface area contributed by atoms with Gasteiger partial charge in [0.05, 0.1) is 19.8 Å². The van der Waals surface area contributed by atoms with Gasteiger partial charge in [0.1, 0.15) is 0 Å². The Hall–Kier alpha value is -2.70. The van der Waals surface area contributed by atoms with Crippen molar-refractivity contribution in [3.05, 3.63) is 65.2 Å². The van der Waals surface area contributed by atoms with E-state index < -0.39 is 0 Å². The zero-order valence-corrected chi connectivity index (χ0v) is 16.6. The molecule has 0 atom stereocenters. The van der Waals surface area contributed by atoms with Crippen LogP contribution < -0.4 is 10.6 Å². The van der Waals surface area contributed by atoms with Gasteiger partial charge in [-0.05, 0) is 37.6 Å². The summed E-state index contributed by atoms with van der Waals surface area (Å²) in [5, 5.41) is 6.21. The van der Waals surface area contributed by atoms with E-state index in [0.29, 0.717) is 18.1 Å². The molecule has 0 aromatic heterocycles. The number of amides is 1. The van der Waals surface area contributed by atoms with E-state index in [9.17, 15) is 4.79 Å². The summed E-state index contributed by atoms with van der Waals surface area (Å²) in [7, 11) is 0. The number of nitrogens with zero attached hydrogens (tertiary/aromatic N) is 2. The Kier molecular flexibility index (Phi) is 7.17. The Balaban J connectivity index is 1.70. The summed E-state index contributed by atoms with van der Waals surface area (Å²) in [5.74, 6) is 0.295. The number of aliphatic imine (C=N–C) groups is 1. The molecule has 3 rings (SSSR count). The molecule has 1 fully saturated rings. The molecule has 2 N–H and O–H groups in total. The molecule has 1 aliphatic heterocycles. The Morgan fingerprint density at radius 3 is 2.64 bits per heavy atom. The summed E-state index contributed by atoms with van der Waals surface area (Å²) in [6.45, 7) is 8.81. The molecule has 0 bridgehead atoms. The summed E-state index contributed by atoms with van der Waals surface area (Å²) in [6, 6.07) is 15.5. The van der Waals surface area contributed by atoms with E-state index in [4.69, 9.17) is 4.74 Å². The average Bonchev–Trinajstić information content (AvgIpc) is 2.70. The summed E-state index contributed by atoms with van der Waals surface area (Å²) in [6.07, 6.45) is 0. The van der Waals surface area contributed by atoms with Gasteiger partial charge in [0.25, 0.3) is 5.91 Å². The highest BCUT2D eigenvalue weighted by Gasteiger charge is 2.12. The van der Waals surface area contributed by atoms with E-state index in [2.05, 4.69) is 20.5 Å². The smallest absolute Gasteiger partial charge is 0.257 e. The van der Waals surface area contributed by atoms with Crippen LogP contribution in [0.2, 0.25) is 0 Å². The van der Waals surface area contributed by atoms with Gasteiger partial charge in [0.2, 0.25) is 5.96 Å². The first-order valence-electron chi connectivity index (χ1n) is 9.67. The van der Waals surface area contributed by atoms with Crippen molar-refractivity contribution in [2.24, 2.45) is 4.99 Å². The van der Waals surface area contributed by atoms with Crippen molar-refractivity contribution in [1.29, 1.82) is 0 Å². The van der Waals surface area contributed by atoms with Crippen LogP contribution in [0.5, 0.6) is 0 Å². The maximum atomic E-state index is 12.7. The molecule has 2 aromatic rings. The van der Waals surface area contributed by atoms with Gasteiger partial charge in [-0.15, -0.1) is 0 Å². The number of hydrogen-bond donors (Lipinski definition) is 2. The van der Waals surface area contributed by atoms with Gasteiger partial charge >= 0.3 is 0 Å². The predicted molar refractivity (Wildman–Crippen MR) is 113 cm³/mol. The number of aryl methyl sites for hydroxylation is 2. The van der Waals surface area contributed by atoms with Crippen molar-refractivity contribution in [3.63, 3.8) is 0 Å². The Labute approximate surface area is 166 Å². The van der Waals surface area contributed by atoms with Crippen LogP contribution in [0.15, 0.2) is 53.5 Å². The topological polar surface area (TPSA) is 66.0 Å². The lowest BCUT2D eigenvalue weighted by Crippen LogP contribution is -2.39. The number of rotatable bonds is 5. The zero-order chi connectivity index (χ0) is 19.8. The first-order chi connectivity index (χ1) is 13.6. The number of benzene rings is 2. The Morgan fingerprint density at radius 1 is 1.11 bits per heavy atom. The lowest BCUT2D eigenvalue weighted by Gasteiger charge is -2.25. The summed E-state index contributed by atoms with van der Waals surface area (Å²) >= 11 is 0. The second kappa shape index (κ2) is 10.0. The number of para-hydroxylation sites is 1. The summed E-state index contributed by atoms with van der Waals surface area (Å²) < 4.78 is 5.38. The molecular formula is C22H28N4O2. The van der Waals surface area contributed by atoms with Crippen LogP contribution in [0.4, 0.5) is 5.69 Å². The maximum absolute atomic E-state index is 12.7. The third kappa shape index (κ3) is 5.90. The fourth-order valence-corrected chi connectivity index (χ4v) is 3.05. The largest absolute Gasteiger partial charge is 0.379 e. The number of carbonyl (C=O) groups excluding carboxylic acids is 1. The molecule has 0 aliphatic carbocycles. The normalized spacial score (nSPS) is 15.3. The van der Waals surface area contributed by atoms with Gasteiger partial charge in [-0.2, -0.15) is 0 Å². The van der Waals surface area contributed by atoms with Crippen molar-refractivity contribution in [2.75, 3.05) is 44.7 Å². The molecule has 6 heteroatoms. The minimum absolute atomic E-state index is 0.171. The molecular weight excluding hydrogens is 352 g/mol. The van der Waals surface area contributed by atoms with Crippen LogP contribution >= 0.6 is 0 Å². The first kappa shape index (κ1) is 20.0. The number of nitrogens with one attached hydrogen (secondary N) is 2. The van der Waals surface area contributed by atoms with Gasteiger partial charge in [-0.3, -0.25) is 20.0 Å². The van der Waals surface area contributed by atoms with E-state index in [1.165, 1.54) is 0 Å². The first-order valence-corrected chi connectivity index (χ1v) is 9.67. The highest BCUT2D eigenvalue weighted by Crippen LogP contribution is 2.13. The minimum Gasteiger partial charge on any atom is -0.379 e. The van der Waals surface area contributed by atoms with Gasteiger partial charge in [0, 0.05) is 30.9 Å². The highest BCUT2D eigenvalue weighted by atomic mass is 16.5. The van der Waals surface area contributed by atoms with E-state index in [1.54, 1.807) is 6.07 Å². The molecule has 0 saturated carbocycles. The van der Waals surface area contributed by atoms with E-state index in [-0.39, 0.29) is 5.91 Å². The molecule has 148 valence electrons. The van der Waals surface area contributed by atoms with Crippen molar-refractivity contribution >= 4 is 17.6 Å². The number of guanidine groups is 1. The van der Waals surface area contributed by atoms with Crippen molar-refractivity contribution < 1.29 is 9.53 Å². The second-order valence-electron chi connectivity index (χ2n) is 6.95. The predicted octanol–water partition coefficient (Wildman–Crippen LogP) is 2.83. The van der Waals surface area contributed by atoms with Crippen LogP contribution in [0.3, 0.4) is 0 Å². The van der Waals surface area contributed by atoms with Crippen LogP contribution in [-0.4, -0.2) is 56.2 Å². The van der Waals surface area contributed by atoms with Crippen LogP contribution in [-0.2, 0) is 4.74 Å². The number of hydrogen-bond acceptors (Lipinski definition) is 4. The van der Waals surface area contributed by atoms with Gasteiger partial charge in [-0.25, -0.2) is 0 Å². The standard InChI is InChI=1S/C22H28N4O2/c1-17-6-5-8-19(16-17)21(27)25-22(24-20-9-4-3-7-18(20)2)23-10-11-26-12-14-28-15-13-26/h3-9,16H,10-15H2,1-2H3,(H2,23,24,25,27). The molecule has 6 nitrogen and oxygen atoms in total. The van der Waals surface area contributed by atoms with E-state index >= 15 is 0 Å². The van der Waals surface area contributed by atoms with E-state index in [0.717, 1.165) is 49.7 Å². The van der Waals surface area contributed by atoms with Crippen molar-refractivity contribution in [3.8, 4) is 0 Å². The van der Waals surface area contributed by atoms with Gasteiger partial charge in [-0.1, -0.05) is 35.9 Å². The molecule has 28 heavy (non-hydrogen) atoms. The quantitative estimate of drug-likeness (QED) is 0.618. The highest BCUT2D eigenvalue weighted by molar-refractivity contribution is 6.10. The fraction of sp³-hybridized carbons (Fsp3) is 0.364. The molecule has 1 saturated heterocycles. The Bertz CT molecular complexity index is 829. The number of ether oxygens (including phenoxy) is 1. The van der Waals surface area contributed by atoms with Crippen LogP contribution in [0.25, 0.3) is 0 Å². The third-order valence-electron chi connectivity index (χ3n) is 4.70. The minimum atomic E-state index is -0.171. The van der Waals surface area contributed by atoms with Gasteiger partial charge < -0.3 is 10.1 Å². The van der Waals surface area contributed by atoms with E-state index in [1.807, 2.05) is 56.3 Å². The SMILES string of the molecule is Cc1cccc(C(=O)NC(=NCCN2CCOCC2)Nc2ccccc2C)c1. The number of carbonyl (C=O) groups is 1. The monoisotopic (exact) mass is 380 g/mol. The van der Waals surface area contributed by atoms with Crippen molar-refractivity contribution in [2.45, 2.75) is 13.8 Å². The molecule has 1 amide bonds. The maximum Gasteiger partial charge on any atom is 0.257 e. The second-order valence-corrected chi connectivity index (χ2v) is 6.95. The summed E-state index contributed by atoms with van der Waals surface area (Å²) in [4.78, 5) is 19.6. The lowest BCUT2D eigenvalue weighted by atomic mass is 10.1. The third-order valence-corrected chi connectivity index (χ3v) is 4.70. The van der Waals surface area contributed by atoms with Gasteiger partial charge in [0.15, 0.2) is 0 Å². The average molecular weight is 380 g/mol. The molecule has 1 aliphatic rings. The van der Waals surface area contributed by atoms with Crippen molar-refractivity contribution in [1.82, 2.24) is 10.2 Å². The summed E-state index contributed by atoms with van der Waals surface area (Å²) in [5.41, 5.74) is 3.68. The van der Waals surface area contributed by atoms with Crippen LogP contribution in [0, 0.1) is 13.8 Å². The molecule has 0 spiro atoms. The van der Waals surface area contributed by atoms with Crippen LogP contribution in [0.1, 0.15) is 21.5 Å². The zero-order valence-electron chi connectivity index (χ0n) is 16.6. The molecule has 0 unspecified atom stereocenters. The lowest BCUT2D eigenvalue weighted by molar-refractivity contribution is 0.0394. The molecule has 2 aromatic carbocycles. The molecule has 0 radical (unpaired) electrons. The Morgan fingerprint density at radius 2 is 1.89 bits per heavy atom. The number of morpholine rings is 1. The fourth-order valence-electron chi connectivity index (χ4n) is 3.05. The number of anilines is 1. The molecule has 1 heterocycles.